The highest BCUT2D eigenvalue weighted by molar-refractivity contribution is 5.60. The molecule has 29 heavy (non-hydrogen) atoms. The quantitative estimate of drug-likeness (QED) is 0.439. The Morgan fingerprint density at radius 2 is 1.79 bits per heavy atom. The molecule has 144 valence electrons. The van der Waals surface area contributed by atoms with Crippen LogP contribution in [0.1, 0.15) is 22.6 Å². The van der Waals surface area contributed by atoms with E-state index in [-0.39, 0.29) is 11.5 Å². The van der Waals surface area contributed by atoms with Crippen LogP contribution in [0.4, 0.5) is 10.3 Å². The third-order valence-electron chi connectivity index (χ3n) is 4.51. The fourth-order valence-corrected chi connectivity index (χ4v) is 3.02. The van der Waals surface area contributed by atoms with E-state index < -0.39 is 0 Å². The van der Waals surface area contributed by atoms with Crippen molar-refractivity contribution in [2.24, 2.45) is 0 Å². The average molecular weight is 387 g/mol. The summed E-state index contributed by atoms with van der Waals surface area (Å²) in [7, 11) is 0. The Morgan fingerprint density at radius 1 is 1.03 bits per heavy atom. The minimum atomic E-state index is -0.301. The average Bonchev–Trinajstić information content (AvgIpc) is 3.39. The van der Waals surface area contributed by atoms with Gasteiger partial charge in [-0.3, -0.25) is 0 Å². The summed E-state index contributed by atoms with van der Waals surface area (Å²) in [4.78, 5) is 6.23. The molecule has 6 heteroatoms. The van der Waals surface area contributed by atoms with E-state index in [1.807, 2.05) is 42.2 Å². The largest absolute Gasteiger partial charge is 0.467 e. The number of aromatic nitrogens is 1. The van der Waals surface area contributed by atoms with Crippen LogP contribution in [0.5, 0.6) is 0 Å². The number of aryl methyl sites for hydroxylation is 1. The first-order valence-corrected chi connectivity index (χ1v) is 9.12. The lowest BCUT2D eigenvalue weighted by Gasteiger charge is -2.21. The van der Waals surface area contributed by atoms with E-state index in [9.17, 15) is 9.65 Å². The fraction of sp³-hybridized carbons (Fsp3) is 0.130. The third-order valence-corrected chi connectivity index (χ3v) is 4.51. The van der Waals surface area contributed by atoms with Crippen molar-refractivity contribution in [2.45, 2.75) is 20.0 Å². The topological polar surface area (TPSA) is 66.2 Å². The number of nitrogens with zero attached hydrogens (tertiary/aromatic N) is 3. The number of benzene rings is 2. The number of furan rings is 1. The second-order valence-corrected chi connectivity index (χ2v) is 6.71. The van der Waals surface area contributed by atoms with Crippen LogP contribution in [0.25, 0.3) is 11.5 Å². The summed E-state index contributed by atoms with van der Waals surface area (Å²) >= 11 is 0. The smallest absolute Gasteiger partial charge is 0.235 e. The standard InChI is InChI=1S/C23H18FN3O2/c1-16-4-8-18(9-5-16)22-26-21(13-25)23(29-22)27(15-20-3-2-12-28-20)14-17-6-10-19(24)11-7-17/h2-12H,14-15H2,1H3. The van der Waals surface area contributed by atoms with E-state index in [0.29, 0.717) is 30.6 Å². The number of hydrogen-bond acceptors (Lipinski definition) is 5. The molecule has 0 aliphatic heterocycles. The molecule has 0 spiro atoms. The van der Waals surface area contributed by atoms with Gasteiger partial charge in [0, 0.05) is 12.1 Å². The first-order valence-electron chi connectivity index (χ1n) is 9.12. The van der Waals surface area contributed by atoms with E-state index in [1.165, 1.54) is 12.1 Å². The maximum absolute atomic E-state index is 13.3. The summed E-state index contributed by atoms with van der Waals surface area (Å²) in [5, 5.41) is 9.63. The van der Waals surface area contributed by atoms with Gasteiger partial charge in [-0.05, 0) is 48.9 Å². The molecule has 2 aromatic heterocycles. The van der Waals surface area contributed by atoms with E-state index in [2.05, 4.69) is 11.1 Å². The first-order chi connectivity index (χ1) is 14.1. The third kappa shape index (κ3) is 4.19. The lowest BCUT2D eigenvalue weighted by molar-refractivity contribution is 0.483. The second-order valence-electron chi connectivity index (χ2n) is 6.71. The van der Waals surface area contributed by atoms with Gasteiger partial charge in [0.25, 0.3) is 0 Å². The van der Waals surface area contributed by atoms with Gasteiger partial charge in [-0.1, -0.05) is 29.8 Å². The van der Waals surface area contributed by atoms with Crippen LogP contribution >= 0.6 is 0 Å². The summed E-state index contributed by atoms with van der Waals surface area (Å²) in [6.07, 6.45) is 1.59. The molecule has 0 amide bonds. The Balaban J connectivity index is 1.71. The highest BCUT2D eigenvalue weighted by atomic mass is 19.1. The maximum atomic E-state index is 13.3. The zero-order valence-electron chi connectivity index (χ0n) is 15.8. The van der Waals surface area contributed by atoms with Gasteiger partial charge < -0.3 is 13.7 Å². The monoisotopic (exact) mass is 387 g/mol. The summed E-state index contributed by atoms with van der Waals surface area (Å²) in [6.45, 7) is 2.78. The fourth-order valence-electron chi connectivity index (χ4n) is 3.02. The zero-order valence-corrected chi connectivity index (χ0v) is 15.8. The van der Waals surface area contributed by atoms with E-state index >= 15 is 0 Å². The molecule has 4 aromatic rings. The van der Waals surface area contributed by atoms with Gasteiger partial charge in [0.15, 0.2) is 0 Å². The van der Waals surface area contributed by atoms with E-state index in [4.69, 9.17) is 8.83 Å². The van der Waals surface area contributed by atoms with Gasteiger partial charge in [0.1, 0.15) is 17.6 Å². The number of halogens is 1. The number of anilines is 1. The molecule has 5 nitrogen and oxygen atoms in total. The second kappa shape index (κ2) is 8.03. The van der Waals surface area contributed by atoms with E-state index in [1.54, 1.807) is 24.5 Å². The highest BCUT2D eigenvalue weighted by Crippen LogP contribution is 2.30. The van der Waals surface area contributed by atoms with Crippen molar-refractivity contribution in [2.75, 3.05) is 4.90 Å². The van der Waals surface area contributed by atoms with Gasteiger partial charge >= 0.3 is 0 Å². The van der Waals surface area contributed by atoms with Gasteiger partial charge in [-0.25, -0.2) is 4.39 Å². The Kier molecular flexibility index (Phi) is 5.12. The van der Waals surface area contributed by atoms with Crippen LogP contribution in [0.3, 0.4) is 0 Å². The summed E-state index contributed by atoms with van der Waals surface area (Å²) in [6, 6.07) is 19.7. The van der Waals surface area contributed by atoms with E-state index in [0.717, 1.165) is 16.7 Å². The number of oxazole rings is 1. The Labute approximate surface area is 167 Å². The number of rotatable bonds is 6. The normalized spacial score (nSPS) is 10.7. The molecule has 0 atom stereocenters. The van der Waals surface area contributed by atoms with Crippen LogP contribution in [-0.2, 0) is 13.1 Å². The molecule has 0 aliphatic carbocycles. The van der Waals surface area contributed by atoms with Crippen molar-refractivity contribution >= 4 is 5.88 Å². The van der Waals surface area contributed by atoms with Gasteiger partial charge in [-0.2, -0.15) is 10.2 Å². The Bertz CT molecular complexity index is 1120. The summed E-state index contributed by atoms with van der Waals surface area (Å²) in [5.41, 5.74) is 2.97. The molecule has 0 radical (unpaired) electrons. The molecule has 0 saturated heterocycles. The van der Waals surface area contributed by atoms with Crippen LogP contribution in [-0.4, -0.2) is 4.98 Å². The summed E-state index contributed by atoms with van der Waals surface area (Å²) in [5.74, 6) is 1.14. The molecule has 2 aromatic carbocycles. The molecule has 0 fully saturated rings. The first kappa shape index (κ1) is 18.5. The van der Waals surface area contributed by atoms with Crippen molar-refractivity contribution < 1.29 is 13.2 Å². The maximum Gasteiger partial charge on any atom is 0.235 e. The summed E-state index contributed by atoms with van der Waals surface area (Å²) < 4.78 is 24.8. The van der Waals surface area contributed by atoms with Crippen LogP contribution < -0.4 is 4.90 Å². The van der Waals surface area contributed by atoms with Crippen molar-refractivity contribution in [3.8, 4) is 17.5 Å². The van der Waals surface area contributed by atoms with Crippen molar-refractivity contribution in [1.82, 2.24) is 4.98 Å². The molecular weight excluding hydrogens is 369 g/mol. The predicted molar refractivity (Wildman–Crippen MR) is 106 cm³/mol. The van der Waals surface area contributed by atoms with Crippen molar-refractivity contribution in [3.05, 3.63) is 95.3 Å². The molecule has 0 N–H and O–H groups in total. The molecule has 0 unspecified atom stereocenters. The number of nitriles is 1. The molecule has 0 saturated carbocycles. The van der Waals surface area contributed by atoms with Crippen molar-refractivity contribution in [1.29, 1.82) is 5.26 Å². The van der Waals surface area contributed by atoms with Crippen molar-refractivity contribution in [3.63, 3.8) is 0 Å². The van der Waals surface area contributed by atoms with Crippen LogP contribution in [0, 0.1) is 24.1 Å². The lowest BCUT2D eigenvalue weighted by atomic mass is 10.1. The lowest BCUT2D eigenvalue weighted by Crippen LogP contribution is -2.22. The minimum Gasteiger partial charge on any atom is -0.467 e. The van der Waals surface area contributed by atoms with Crippen LogP contribution in [0.15, 0.2) is 75.8 Å². The Hall–Kier alpha value is -3.85. The molecule has 0 aliphatic rings. The predicted octanol–water partition coefficient (Wildman–Crippen LogP) is 5.46. The highest BCUT2D eigenvalue weighted by Gasteiger charge is 2.22. The molecule has 2 heterocycles. The van der Waals surface area contributed by atoms with Crippen LogP contribution in [0.2, 0.25) is 0 Å². The Morgan fingerprint density at radius 3 is 2.45 bits per heavy atom. The van der Waals surface area contributed by atoms with Gasteiger partial charge in [0.05, 0.1) is 12.8 Å². The number of hydrogen-bond donors (Lipinski definition) is 0. The molecule has 4 rings (SSSR count). The van der Waals surface area contributed by atoms with Gasteiger partial charge in [0.2, 0.25) is 17.5 Å². The molecule has 0 bridgehead atoms. The molecular formula is C23H18FN3O2. The SMILES string of the molecule is Cc1ccc(-c2nc(C#N)c(N(Cc3ccc(F)cc3)Cc3ccco3)o2)cc1. The zero-order chi connectivity index (χ0) is 20.2. The minimum absolute atomic E-state index is 0.189. The van der Waals surface area contributed by atoms with Gasteiger partial charge in [-0.15, -0.1) is 0 Å².